The Bertz CT molecular complexity index is 616. The number of benzene rings is 1. The zero-order valence-electron chi connectivity index (χ0n) is 12.5. The van der Waals surface area contributed by atoms with Crippen LogP contribution in [-0.4, -0.2) is 24.1 Å². The largest absolute Gasteiger partial charge is 0.461 e. The Morgan fingerprint density at radius 2 is 2.23 bits per heavy atom. The van der Waals surface area contributed by atoms with Gasteiger partial charge < -0.3 is 10.1 Å². The Morgan fingerprint density at radius 1 is 1.41 bits per heavy atom. The van der Waals surface area contributed by atoms with Gasteiger partial charge in [-0.3, -0.25) is 0 Å². The van der Waals surface area contributed by atoms with Crippen molar-refractivity contribution in [3.05, 3.63) is 51.7 Å². The van der Waals surface area contributed by atoms with Crippen molar-refractivity contribution in [1.29, 1.82) is 0 Å². The molecule has 1 heterocycles. The second kappa shape index (κ2) is 8.60. The summed E-state index contributed by atoms with van der Waals surface area (Å²) in [6.45, 7) is 3.48. The topological polar surface area (TPSA) is 51.2 Å². The summed E-state index contributed by atoms with van der Waals surface area (Å²) in [5.41, 5.74) is 1.10. The van der Waals surface area contributed by atoms with Gasteiger partial charge in [0, 0.05) is 11.9 Å². The molecule has 4 nitrogen and oxygen atoms in total. The monoisotopic (exact) mass is 322 g/mol. The van der Waals surface area contributed by atoms with Crippen LogP contribution in [0.15, 0.2) is 29.6 Å². The summed E-state index contributed by atoms with van der Waals surface area (Å²) in [5.74, 6) is -0.536. The molecule has 0 saturated heterocycles. The van der Waals surface area contributed by atoms with E-state index in [0.717, 1.165) is 23.5 Å². The highest BCUT2D eigenvalue weighted by molar-refractivity contribution is 7.09. The molecule has 0 atom stereocenters. The number of halogens is 1. The van der Waals surface area contributed by atoms with Gasteiger partial charge in [-0.15, -0.1) is 11.3 Å². The van der Waals surface area contributed by atoms with Gasteiger partial charge in [-0.1, -0.05) is 18.2 Å². The van der Waals surface area contributed by atoms with Crippen LogP contribution in [0.4, 0.5) is 4.39 Å². The Labute approximate surface area is 133 Å². The van der Waals surface area contributed by atoms with Crippen LogP contribution in [0.3, 0.4) is 0 Å². The zero-order chi connectivity index (χ0) is 15.8. The maximum atomic E-state index is 13.4. The van der Waals surface area contributed by atoms with Crippen molar-refractivity contribution in [3.8, 4) is 0 Å². The smallest absolute Gasteiger partial charge is 0.357 e. The number of ether oxygens (including phenoxy) is 1. The number of hydrogen-bond donors (Lipinski definition) is 1. The molecule has 0 bridgehead atoms. The van der Waals surface area contributed by atoms with Gasteiger partial charge in [-0.25, -0.2) is 14.2 Å². The first-order valence-electron chi connectivity index (χ1n) is 7.26. The lowest BCUT2D eigenvalue weighted by Crippen LogP contribution is -2.15. The molecule has 0 radical (unpaired) electrons. The number of esters is 1. The van der Waals surface area contributed by atoms with E-state index in [9.17, 15) is 9.18 Å². The highest BCUT2D eigenvalue weighted by Gasteiger charge is 2.11. The fourth-order valence-electron chi connectivity index (χ4n) is 1.99. The molecular weight excluding hydrogens is 303 g/mol. The van der Waals surface area contributed by atoms with Gasteiger partial charge in [-0.05, 0) is 37.9 Å². The predicted molar refractivity (Wildman–Crippen MR) is 84.5 cm³/mol. The first kappa shape index (κ1) is 16.6. The van der Waals surface area contributed by atoms with Crippen molar-refractivity contribution in [2.45, 2.75) is 26.3 Å². The van der Waals surface area contributed by atoms with Crippen molar-refractivity contribution in [3.63, 3.8) is 0 Å². The minimum atomic E-state index is -0.385. The molecule has 0 aliphatic carbocycles. The number of thiazole rings is 1. The summed E-state index contributed by atoms with van der Waals surface area (Å²) in [4.78, 5) is 15.7. The third kappa shape index (κ3) is 4.89. The lowest BCUT2D eigenvalue weighted by atomic mass is 10.1. The van der Waals surface area contributed by atoms with Crippen LogP contribution in [0.1, 0.15) is 34.4 Å². The lowest BCUT2D eigenvalue weighted by Gasteiger charge is -2.04. The molecule has 1 aromatic heterocycles. The third-order valence-corrected chi connectivity index (χ3v) is 3.92. The van der Waals surface area contributed by atoms with Gasteiger partial charge in [0.05, 0.1) is 6.61 Å². The molecule has 0 fully saturated rings. The van der Waals surface area contributed by atoms with Crippen molar-refractivity contribution < 1.29 is 13.9 Å². The van der Waals surface area contributed by atoms with Crippen molar-refractivity contribution in [1.82, 2.24) is 10.3 Å². The SMILES string of the molecule is CCOC(=O)c1csc(CNCCCc2ccccc2F)n1. The van der Waals surface area contributed by atoms with Crippen molar-refractivity contribution in [2.75, 3.05) is 13.2 Å². The van der Waals surface area contributed by atoms with Crippen LogP contribution in [0, 0.1) is 5.82 Å². The molecule has 0 saturated carbocycles. The normalized spacial score (nSPS) is 10.6. The molecule has 0 unspecified atom stereocenters. The first-order valence-corrected chi connectivity index (χ1v) is 8.14. The van der Waals surface area contributed by atoms with Gasteiger partial charge in [0.2, 0.25) is 0 Å². The van der Waals surface area contributed by atoms with Crippen LogP contribution in [0.25, 0.3) is 0 Å². The highest BCUT2D eigenvalue weighted by atomic mass is 32.1. The number of carbonyl (C=O) groups is 1. The van der Waals surface area contributed by atoms with E-state index in [0.29, 0.717) is 25.3 Å². The highest BCUT2D eigenvalue weighted by Crippen LogP contribution is 2.11. The maximum absolute atomic E-state index is 13.4. The van der Waals surface area contributed by atoms with E-state index >= 15 is 0 Å². The standard InChI is InChI=1S/C16H19FN2O2S/c1-2-21-16(20)14-11-22-15(19-14)10-18-9-5-7-12-6-3-4-8-13(12)17/h3-4,6,8,11,18H,2,5,7,9-10H2,1H3. The second-order valence-electron chi connectivity index (χ2n) is 4.72. The van der Waals surface area contributed by atoms with E-state index in [4.69, 9.17) is 4.74 Å². The van der Waals surface area contributed by atoms with E-state index in [1.54, 1.807) is 18.4 Å². The van der Waals surface area contributed by atoms with E-state index in [1.165, 1.54) is 17.4 Å². The Morgan fingerprint density at radius 3 is 3.00 bits per heavy atom. The number of aromatic nitrogens is 1. The minimum Gasteiger partial charge on any atom is -0.461 e. The molecule has 0 aliphatic rings. The molecule has 0 amide bonds. The van der Waals surface area contributed by atoms with Crippen LogP contribution in [-0.2, 0) is 17.7 Å². The summed E-state index contributed by atoms with van der Waals surface area (Å²) in [5, 5.41) is 5.79. The minimum absolute atomic E-state index is 0.151. The average Bonchev–Trinajstić information content (AvgIpc) is 2.98. The summed E-state index contributed by atoms with van der Waals surface area (Å²) < 4.78 is 18.3. The van der Waals surface area contributed by atoms with Crippen LogP contribution in [0.5, 0.6) is 0 Å². The third-order valence-electron chi connectivity index (χ3n) is 3.07. The number of rotatable bonds is 8. The van der Waals surface area contributed by atoms with E-state index < -0.39 is 0 Å². The predicted octanol–water partition coefficient (Wildman–Crippen LogP) is 3.18. The number of hydrogen-bond acceptors (Lipinski definition) is 5. The molecule has 2 rings (SSSR count). The summed E-state index contributed by atoms with van der Waals surface area (Å²) in [6.07, 6.45) is 1.54. The maximum Gasteiger partial charge on any atom is 0.357 e. The molecule has 6 heteroatoms. The van der Waals surface area contributed by atoms with Crippen molar-refractivity contribution >= 4 is 17.3 Å². The van der Waals surface area contributed by atoms with Crippen LogP contribution >= 0.6 is 11.3 Å². The van der Waals surface area contributed by atoms with E-state index in [2.05, 4.69) is 10.3 Å². The van der Waals surface area contributed by atoms with E-state index in [-0.39, 0.29) is 11.8 Å². The summed E-state index contributed by atoms with van der Waals surface area (Å²) in [7, 11) is 0. The quantitative estimate of drug-likeness (QED) is 0.599. The molecule has 1 N–H and O–H groups in total. The van der Waals surface area contributed by atoms with Gasteiger partial charge in [0.1, 0.15) is 10.8 Å². The molecule has 1 aromatic carbocycles. The van der Waals surface area contributed by atoms with Gasteiger partial charge >= 0.3 is 5.97 Å². The number of aryl methyl sites for hydroxylation is 1. The fraction of sp³-hybridized carbons (Fsp3) is 0.375. The number of carbonyl (C=O) groups excluding carboxylic acids is 1. The van der Waals surface area contributed by atoms with E-state index in [1.807, 2.05) is 12.1 Å². The lowest BCUT2D eigenvalue weighted by molar-refractivity contribution is 0.0520. The Hall–Kier alpha value is -1.79. The molecule has 0 spiro atoms. The number of nitrogens with zero attached hydrogens (tertiary/aromatic N) is 1. The average molecular weight is 322 g/mol. The molecule has 2 aromatic rings. The fourth-order valence-corrected chi connectivity index (χ4v) is 2.72. The molecular formula is C16H19FN2O2S. The Kier molecular flexibility index (Phi) is 6.48. The molecule has 118 valence electrons. The number of nitrogens with one attached hydrogen (secondary N) is 1. The molecule has 0 aliphatic heterocycles. The first-order chi connectivity index (χ1) is 10.7. The van der Waals surface area contributed by atoms with Gasteiger partial charge in [0.15, 0.2) is 5.69 Å². The van der Waals surface area contributed by atoms with Crippen molar-refractivity contribution in [2.24, 2.45) is 0 Å². The summed E-state index contributed by atoms with van der Waals surface area (Å²) in [6, 6.07) is 6.83. The Balaban J connectivity index is 1.69. The van der Waals surface area contributed by atoms with Crippen LogP contribution < -0.4 is 5.32 Å². The van der Waals surface area contributed by atoms with Crippen LogP contribution in [0.2, 0.25) is 0 Å². The zero-order valence-corrected chi connectivity index (χ0v) is 13.3. The second-order valence-corrected chi connectivity index (χ2v) is 5.66. The molecule has 22 heavy (non-hydrogen) atoms. The van der Waals surface area contributed by atoms with Gasteiger partial charge in [0.25, 0.3) is 0 Å². The van der Waals surface area contributed by atoms with Gasteiger partial charge in [-0.2, -0.15) is 0 Å². The summed E-state index contributed by atoms with van der Waals surface area (Å²) >= 11 is 1.43.